The summed E-state index contributed by atoms with van der Waals surface area (Å²) in [4.78, 5) is 25.6. The lowest BCUT2D eigenvalue weighted by Crippen LogP contribution is -2.60. The lowest BCUT2D eigenvalue weighted by atomic mass is 9.75. The van der Waals surface area contributed by atoms with Crippen LogP contribution in [-0.4, -0.2) is 36.5 Å². The summed E-state index contributed by atoms with van der Waals surface area (Å²) in [5.41, 5.74) is -1.19. The van der Waals surface area contributed by atoms with Crippen LogP contribution in [0.5, 0.6) is 0 Å². The summed E-state index contributed by atoms with van der Waals surface area (Å²) in [5, 5.41) is -0.699. The molecule has 1 aliphatic heterocycles. The molecule has 1 aromatic rings. The van der Waals surface area contributed by atoms with Crippen molar-refractivity contribution in [2.45, 2.75) is 26.7 Å². The number of unbranched alkanes of at least 4 members (excludes halogenated alkanes) is 1. The van der Waals surface area contributed by atoms with Crippen LogP contribution in [0.4, 0.5) is 13.6 Å². The Kier molecular flexibility index (Phi) is 5.24. The van der Waals surface area contributed by atoms with Gasteiger partial charge in [-0.25, -0.2) is 13.6 Å². The van der Waals surface area contributed by atoms with Crippen LogP contribution in [0.25, 0.3) is 0 Å². The predicted octanol–water partition coefficient (Wildman–Crippen LogP) is 4.06. The number of nitrogens with zero attached hydrogens (tertiary/aromatic N) is 1. The number of halogens is 3. The smallest absolute Gasteiger partial charge is 0.409 e. The Hall–Kier alpha value is -1.69. The summed E-state index contributed by atoms with van der Waals surface area (Å²) in [7, 11) is 0. The molecular weight excluding hydrogens is 328 g/mol. The highest BCUT2D eigenvalue weighted by atomic mass is 35.5. The number of ketones is 1. The van der Waals surface area contributed by atoms with Crippen LogP contribution in [0, 0.1) is 17.0 Å². The van der Waals surface area contributed by atoms with E-state index in [1.54, 1.807) is 6.92 Å². The van der Waals surface area contributed by atoms with E-state index in [1.165, 1.54) is 4.90 Å². The van der Waals surface area contributed by atoms with Crippen molar-refractivity contribution in [3.63, 3.8) is 0 Å². The number of likely N-dealkylation sites (tertiary alicyclic amines) is 1. The predicted molar refractivity (Wildman–Crippen MR) is 81.6 cm³/mol. The number of ether oxygens (including phenoxy) is 1. The van der Waals surface area contributed by atoms with Crippen molar-refractivity contribution in [2.75, 3.05) is 19.7 Å². The number of Topliss-reactive ketones (excluding diaryl/α,β-unsaturated/α-hetero) is 1. The molecule has 4 nitrogen and oxygen atoms in total. The average Bonchev–Trinajstić information content (AvgIpc) is 2.49. The molecule has 7 heteroatoms. The number of benzene rings is 1. The Labute approximate surface area is 138 Å². The molecule has 0 aliphatic carbocycles. The fraction of sp³-hybridized carbons (Fsp3) is 0.500. The van der Waals surface area contributed by atoms with Crippen molar-refractivity contribution in [2.24, 2.45) is 5.41 Å². The van der Waals surface area contributed by atoms with Gasteiger partial charge in [-0.2, -0.15) is 0 Å². The third-order valence-corrected chi connectivity index (χ3v) is 4.24. The van der Waals surface area contributed by atoms with Gasteiger partial charge in [0.25, 0.3) is 0 Å². The van der Waals surface area contributed by atoms with E-state index in [-0.39, 0.29) is 18.7 Å². The molecule has 1 heterocycles. The minimum Gasteiger partial charge on any atom is -0.449 e. The zero-order valence-electron chi connectivity index (χ0n) is 13.0. The summed E-state index contributed by atoms with van der Waals surface area (Å²) >= 11 is 5.50. The fourth-order valence-electron chi connectivity index (χ4n) is 2.49. The van der Waals surface area contributed by atoms with E-state index in [0.717, 1.165) is 25.0 Å². The Morgan fingerprint density at radius 1 is 1.35 bits per heavy atom. The zero-order valence-corrected chi connectivity index (χ0v) is 13.8. The van der Waals surface area contributed by atoms with Gasteiger partial charge >= 0.3 is 6.09 Å². The van der Waals surface area contributed by atoms with Crippen molar-refractivity contribution in [3.05, 3.63) is 34.4 Å². The van der Waals surface area contributed by atoms with Crippen molar-refractivity contribution in [1.82, 2.24) is 4.90 Å². The lowest BCUT2D eigenvalue weighted by molar-refractivity contribution is 0.0116. The number of hydrogen-bond acceptors (Lipinski definition) is 3. The van der Waals surface area contributed by atoms with Crippen molar-refractivity contribution >= 4 is 23.5 Å². The first-order chi connectivity index (χ1) is 10.8. The molecule has 1 aliphatic rings. The van der Waals surface area contributed by atoms with E-state index >= 15 is 0 Å². The monoisotopic (exact) mass is 345 g/mol. The number of rotatable bonds is 5. The molecule has 0 unspecified atom stereocenters. The largest absolute Gasteiger partial charge is 0.449 e. The summed E-state index contributed by atoms with van der Waals surface area (Å²) in [6, 6.07) is 2.03. The Morgan fingerprint density at radius 3 is 2.61 bits per heavy atom. The van der Waals surface area contributed by atoms with Crippen LogP contribution < -0.4 is 0 Å². The Balaban J connectivity index is 2.02. The first-order valence-corrected chi connectivity index (χ1v) is 7.78. The quantitative estimate of drug-likeness (QED) is 0.459. The van der Waals surface area contributed by atoms with Crippen LogP contribution in [0.1, 0.15) is 37.0 Å². The molecule has 0 radical (unpaired) electrons. The van der Waals surface area contributed by atoms with Gasteiger partial charge < -0.3 is 9.64 Å². The summed E-state index contributed by atoms with van der Waals surface area (Å²) in [5.74, 6) is -2.49. The topological polar surface area (TPSA) is 46.6 Å². The molecule has 1 saturated heterocycles. The summed E-state index contributed by atoms with van der Waals surface area (Å²) in [6.45, 7) is 4.20. The minimum atomic E-state index is -1.07. The molecule has 1 amide bonds. The number of carbonyl (C=O) groups is 2. The highest BCUT2D eigenvalue weighted by molar-refractivity contribution is 6.31. The molecule has 0 aromatic heterocycles. The van der Waals surface area contributed by atoms with E-state index < -0.39 is 33.9 Å². The normalized spacial score (nSPS) is 16.0. The molecule has 2 rings (SSSR count). The van der Waals surface area contributed by atoms with Crippen molar-refractivity contribution in [3.8, 4) is 0 Å². The van der Waals surface area contributed by atoms with Crippen molar-refractivity contribution < 1.29 is 23.1 Å². The van der Waals surface area contributed by atoms with Gasteiger partial charge in [0, 0.05) is 13.1 Å². The van der Waals surface area contributed by atoms with Gasteiger partial charge in [0.15, 0.2) is 11.6 Å². The Morgan fingerprint density at radius 2 is 2.00 bits per heavy atom. The van der Waals surface area contributed by atoms with Crippen LogP contribution in [0.2, 0.25) is 5.02 Å². The third-order valence-electron chi connectivity index (χ3n) is 3.89. The first kappa shape index (κ1) is 17.7. The first-order valence-electron chi connectivity index (χ1n) is 7.40. The third kappa shape index (κ3) is 3.47. The van der Waals surface area contributed by atoms with Gasteiger partial charge in [-0.3, -0.25) is 4.79 Å². The van der Waals surface area contributed by atoms with Crippen LogP contribution in [-0.2, 0) is 4.74 Å². The lowest BCUT2D eigenvalue weighted by Gasteiger charge is -2.45. The second kappa shape index (κ2) is 6.83. The van der Waals surface area contributed by atoms with Gasteiger partial charge in [-0.05, 0) is 25.5 Å². The summed E-state index contributed by atoms with van der Waals surface area (Å²) < 4.78 is 32.2. The maximum absolute atomic E-state index is 14.0. The van der Waals surface area contributed by atoms with Gasteiger partial charge in [0.05, 0.1) is 17.6 Å². The fourth-order valence-corrected chi connectivity index (χ4v) is 2.66. The molecule has 0 atom stereocenters. The van der Waals surface area contributed by atoms with E-state index in [1.807, 2.05) is 6.92 Å². The van der Waals surface area contributed by atoms with Gasteiger partial charge in [0.1, 0.15) is 10.8 Å². The van der Waals surface area contributed by atoms with Crippen LogP contribution in [0.3, 0.4) is 0 Å². The highest BCUT2D eigenvalue weighted by Gasteiger charge is 2.48. The standard InChI is InChI=1S/C16H18ClF2NO3/c1-3-4-7-23-15(22)20-8-16(2,9-20)14(21)10-5-6-11(18)12(17)13(10)19/h5-6H,3-4,7-9H2,1-2H3. The molecule has 0 N–H and O–H groups in total. The second-order valence-electron chi connectivity index (χ2n) is 5.94. The van der Waals surface area contributed by atoms with E-state index in [4.69, 9.17) is 16.3 Å². The second-order valence-corrected chi connectivity index (χ2v) is 6.31. The van der Waals surface area contributed by atoms with E-state index in [9.17, 15) is 18.4 Å². The minimum absolute atomic E-state index is 0.130. The number of amides is 1. The van der Waals surface area contributed by atoms with Crippen LogP contribution in [0.15, 0.2) is 12.1 Å². The molecule has 0 saturated carbocycles. The SMILES string of the molecule is CCCCOC(=O)N1CC(C)(C(=O)c2ccc(F)c(Cl)c2F)C1. The van der Waals surface area contributed by atoms with Crippen LogP contribution >= 0.6 is 11.6 Å². The zero-order chi connectivity index (χ0) is 17.2. The maximum Gasteiger partial charge on any atom is 0.409 e. The van der Waals surface area contributed by atoms with Gasteiger partial charge in [-0.1, -0.05) is 24.9 Å². The molecule has 23 heavy (non-hydrogen) atoms. The molecule has 1 aromatic carbocycles. The maximum atomic E-state index is 14.0. The van der Waals surface area contributed by atoms with Crippen molar-refractivity contribution in [1.29, 1.82) is 0 Å². The number of carbonyl (C=O) groups excluding carboxylic acids is 2. The molecule has 0 spiro atoms. The Bertz CT molecular complexity index is 630. The number of hydrogen-bond donors (Lipinski definition) is 0. The molecular formula is C16H18ClF2NO3. The van der Waals surface area contributed by atoms with Gasteiger partial charge in [-0.15, -0.1) is 0 Å². The average molecular weight is 346 g/mol. The summed E-state index contributed by atoms with van der Waals surface area (Å²) in [6.07, 6.45) is 1.20. The van der Waals surface area contributed by atoms with Gasteiger partial charge in [0.2, 0.25) is 0 Å². The highest BCUT2D eigenvalue weighted by Crippen LogP contribution is 2.36. The molecule has 126 valence electrons. The molecule has 0 bridgehead atoms. The van der Waals surface area contributed by atoms with E-state index in [2.05, 4.69) is 0 Å². The molecule has 1 fully saturated rings. The van der Waals surface area contributed by atoms with E-state index in [0.29, 0.717) is 6.61 Å².